The van der Waals surface area contributed by atoms with Crippen molar-refractivity contribution in [2.45, 2.75) is 6.42 Å². The van der Waals surface area contributed by atoms with Crippen molar-refractivity contribution in [2.24, 2.45) is 0 Å². The van der Waals surface area contributed by atoms with Crippen LogP contribution < -0.4 is 10.6 Å². The summed E-state index contributed by atoms with van der Waals surface area (Å²) in [4.78, 5) is 27.9. The molecule has 8 heteroatoms. The third-order valence-corrected chi connectivity index (χ3v) is 3.88. The van der Waals surface area contributed by atoms with E-state index in [1.165, 1.54) is 11.3 Å². The molecule has 7 nitrogen and oxygen atoms in total. The molecule has 0 unspecified atom stereocenters. The highest BCUT2D eigenvalue weighted by atomic mass is 32.1. The van der Waals surface area contributed by atoms with Gasteiger partial charge in [-0.3, -0.25) is 9.59 Å². The van der Waals surface area contributed by atoms with Crippen molar-refractivity contribution in [1.29, 1.82) is 0 Å². The SMILES string of the molecule is O=C(CCNC(=O)c1cccc(-n2cccn2)c1)Nc1nccs1. The number of carbonyl (C=O) groups is 2. The predicted molar refractivity (Wildman–Crippen MR) is 91.3 cm³/mol. The smallest absolute Gasteiger partial charge is 0.251 e. The minimum atomic E-state index is -0.231. The van der Waals surface area contributed by atoms with Crippen molar-refractivity contribution in [3.8, 4) is 5.69 Å². The molecular weight excluding hydrogens is 326 g/mol. The van der Waals surface area contributed by atoms with Gasteiger partial charge < -0.3 is 10.6 Å². The van der Waals surface area contributed by atoms with Gasteiger partial charge in [0.2, 0.25) is 5.91 Å². The highest BCUT2D eigenvalue weighted by Gasteiger charge is 2.09. The summed E-state index contributed by atoms with van der Waals surface area (Å²) < 4.78 is 1.68. The zero-order chi connectivity index (χ0) is 16.8. The van der Waals surface area contributed by atoms with Crippen LogP contribution in [0, 0.1) is 0 Å². The maximum absolute atomic E-state index is 12.2. The number of benzene rings is 1. The number of anilines is 1. The Hall–Kier alpha value is -3.00. The normalized spacial score (nSPS) is 10.3. The Morgan fingerprint density at radius 1 is 1.21 bits per heavy atom. The molecule has 2 aromatic heterocycles. The van der Waals surface area contributed by atoms with Crippen molar-refractivity contribution < 1.29 is 9.59 Å². The fraction of sp³-hybridized carbons (Fsp3) is 0.125. The minimum Gasteiger partial charge on any atom is -0.352 e. The van der Waals surface area contributed by atoms with Crippen LogP contribution >= 0.6 is 11.3 Å². The minimum absolute atomic E-state index is 0.185. The standard InChI is InChI=1S/C16H15N5O2S/c22-14(20-16-18-8-10-24-16)5-7-17-15(23)12-3-1-4-13(11-12)21-9-2-6-19-21/h1-4,6,8-11H,5,7H2,(H,17,23)(H,18,20,22). The van der Waals surface area contributed by atoms with Crippen LogP contribution in [0.4, 0.5) is 5.13 Å². The van der Waals surface area contributed by atoms with Crippen LogP contribution in [0.3, 0.4) is 0 Å². The monoisotopic (exact) mass is 341 g/mol. The molecule has 0 bridgehead atoms. The molecule has 0 saturated carbocycles. The Morgan fingerprint density at radius 3 is 2.88 bits per heavy atom. The summed E-state index contributed by atoms with van der Waals surface area (Å²) in [5.74, 6) is -0.415. The molecule has 0 saturated heterocycles. The maximum Gasteiger partial charge on any atom is 0.251 e. The first-order valence-electron chi connectivity index (χ1n) is 7.30. The summed E-state index contributed by atoms with van der Waals surface area (Å²) in [5.41, 5.74) is 1.32. The Labute approximate surface area is 142 Å². The largest absolute Gasteiger partial charge is 0.352 e. The molecule has 0 fully saturated rings. The number of nitrogens with one attached hydrogen (secondary N) is 2. The number of nitrogens with zero attached hydrogens (tertiary/aromatic N) is 3. The van der Waals surface area contributed by atoms with Crippen LogP contribution in [-0.2, 0) is 4.79 Å². The molecule has 0 spiro atoms. The number of hydrogen-bond acceptors (Lipinski definition) is 5. The molecular formula is C16H15N5O2S. The van der Waals surface area contributed by atoms with E-state index in [4.69, 9.17) is 0 Å². The number of rotatable bonds is 6. The molecule has 2 amide bonds. The van der Waals surface area contributed by atoms with Gasteiger partial charge in [0, 0.05) is 42.5 Å². The average molecular weight is 341 g/mol. The lowest BCUT2D eigenvalue weighted by Gasteiger charge is -2.07. The van der Waals surface area contributed by atoms with E-state index < -0.39 is 0 Å². The van der Waals surface area contributed by atoms with Gasteiger partial charge in [-0.05, 0) is 24.3 Å². The van der Waals surface area contributed by atoms with Crippen molar-refractivity contribution in [2.75, 3.05) is 11.9 Å². The van der Waals surface area contributed by atoms with E-state index in [0.29, 0.717) is 10.7 Å². The third kappa shape index (κ3) is 4.05. The van der Waals surface area contributed by atoms with Crippen molar-refractivity contribution in [3.63, 3.8) is 0 Å². The molecule has 0 radical (unpaired) electrons. The zero-order valence-electron chi connectivity index (χ0n) is 12.7. The van der Waals surface area contributed by atoms with Crippen molar-refractivity contribution in [3.05, 3.63) is 59.9 Å². The van der Waals surface area contributed by atoms with Crippen molar-refractivity contribution in [1.82, 2.24) is 20.1 Å². The van der Waals surface area contributed by atoms with Crippen LogP contribution in [-0.4, -0.2) is 33.1 Å². The molecule has 3 aromatic rings. The lowest BCUT2D eigenvalue weighted by molar-refractivity contribution is -0.116. The quantitative estimate of drug-likeness (QED) is 0.718. The first-order valence-corrected chi connectivity index (χ1v) is 8.18. The molecule has 2 N–H and O–H groups in total. The van der Waals surface area contributed by atoms with E-state index in [1.54, 1.807) is 46.9 Å². The van der Waals surface area contributed by atoms with Crippen LogP contribution in [0.1, 0.15) is 16.8 Å². The summed E-state index contributed by atoms with van der Waals surface area (Å²) in [7, 11) is 0. The highest BCUT2D eigenvalue weighted by molar-refractivity contribution is 7.13. The summed E-state index contributed by atoms with van der Waals surface area (Å²) in [6.07, 6.45) is 5.28. The number of hydrogen-bond donors (Lipinski definition) is 2. The van der Waals surface area contributed by atoms with Gasteiger partial charge in [0.15, 0.2) is 5.13 Å². The lowest BCUT2D eigenvalue weighted by atomic mass is 10.2. The van der Waals surface area contributed by atoms with Crippen LogP contribution in [0.2, 0.25) is 0 Å². The van der Waals surface area contributed by atoms with E-state index in [9.17, 15) is 9.59 Å². The number of aromatic nitrogens is 3. The van der Waals surface area contributed by atoms with Gasteiger partial charge in [0.1, 0.15) is 0 Å². The third-order valence-electron chi connectivity index (χ3n) is 3.19. The second-order valence-electron chi connectivity index (χ2n) is 4.89. The van der Waals surface area contributed by atoms with Crippen molar-refractivity contribution >= 4 is 28.3 Å². The maximum atomic E-state index is 12.2. The van der Waals surface area contributed by atoms with Crippen LogP contribution in [0.25, 0.3) is 5.69 Å². The fourth-order valence-corrected chi connectivity index (χ4v) is 2.61. The number of amides is 2. The Kier molecular flexibility index (Phi) is 4.97. The van der Waals surface area contributed by atoms with Gasteiger partial charge in [-0.2, -0.15) is 5.10 Å². The van der Waals surface area contributed by atoms with Gasteiger partial charge in [-0.15, -0.1) is 11.3 Å². The average Bonchev–Trinajstić information content (AvgIpc) is 3.28. The summed E-state index contributed by atoms with van der Waals surface area (Å²) in [6, 6.07) is 8.94. The molecule has 1 aromatic carbocycles. The van der Waals surface area contributed by atoms with Gasteiger partial charge in [0.05, 0.1) is 5.69 Å². The van der Waals surface area contributed by atoms with E-state index in [1.807, 2.05) is 12.1 Å². The lowest BCUT2D eigenvalue weighted by Crippen LogP contribution is -2.27. The van der Waals surface area contributed by atoms with E-state index in [0.717, 1.165) is 5.69 Å². The second-order valence-corrected chi connectivity index (χ2v) is 5.79. The van der Waals surface area contributed by atoms with E-state index >= 15 is 0 Å². The molecule has 3 rings (SSSR count). The first-order chi connectivity index (χ1) is 11.7. The molecule has 0 aliphatic rings. The van der Waals surface area contributed by atoms with Gasteiger partial charge >= 0.3 is 0 Å². The molecule has 0 atom stereocenters. The summed E-state index contributed by atoms with van der Waals surface area (Å²) >= 11 is 1.35. The second kappa shape index (κ2) is 7.51. The Bertz CT molecular complexity index is 815. The number of carbonyl (C=O) groups excluding carboxylic acids is 2. The summed E-state index contributed by atoms with van der Waals surface area (Å²) in [5, 5.41) is 11.9. The summed E-state index contributed by atoms with van der Waals surface area (Å²) in [6.45, 7) is 0.252. The van der Waals surface area contributed by atoms with Crippen LogP contribution in [0.5, 0.6) is 0 Å². The topological polar surface area (TPSA) is 88.9 Å². The van der Waals surface area contributed by atoms with Crippen LogP contribution in [0.15, 0.2) is 54.3 Å². The molecule has 2 heterocycles. The molecule has 122 valence electrons. The van der Waals surface area contributed by atoms with E-state index in [2.05, 4.69) is 20.7 Å². The fourth-order valence-electron chi connectivity index (χ4n) is 2.07. The molecule has 24 heavy (non-hydrogen) atoms. The number of thiazole rings is 1. The molecule has 0 aliphatic heterocycles. The Morgan fingerprint density at radius 2 is 2.12 bits per heavy atom. The van der Waals surface area contributed by atoms with Gasteiger partial charge in [-0.25, -0.2) is 9.67 Å². The van der Waals surface area contributed by atoms with Gasteiger partial charge in [-0.1, -0.05) is 6.07 Å². The predicted octanol–water partition coefficient (Wildman–Crippen LogP) is 2.09. The van der Waals surface area contributed by atoms with E-state index in [-0.39, 0.29) is 24.8 Å². The highest BCUT2D eigenvalue weighted by Crippen LogP contribution is 2.11. The Balaban J connectivity index is 1.52. The molecule has 0 aliphatic carbocycles. The first kappa shape index (κ1) is 15.9. The van der Waals surface area contributed by atoms with Gasteiger partial charge in [0.25, 0.3) is 5.91 Å². The zero-order valence-corrected chi connectivity index (χ0v) is 13.5.